The summed E-state index contributed by atoms with van der Waals surface area (Å²) in [4.78, 5) is -0.0914. The molecule has 0 bridgehead atoms. The highest BCUT2D eigenvalue weighted by Gasteiger charge is 2.14. The van der Waals surface area contributed by atoms with E-state index in [0.29, 0.717) is 15.8 Å². The van der Waals surface area contributed by atoms with Crippen molar-refractivity contribution >= 4 is 40.4 Å². The number of nitrogens with two attached hydrogens (primary N) is 1. The largest absolute Gasteiger partial charge is 0.455 e. The van der Waals surface area contributed by atoms with Gasteiger partial charge in [-0.3, -0.25) is 0 Å². The van der Waals surface area contributed by atoms with Gasteiger partial charge in [-0.1, -0.05) is 41.5 Å². The van der Waals surface area contributed by atoms with Crippen LogP contribution in [0.3, 0.4) is 0 Å². The molecule has 0 aliphatic rings. The van der Waals surface area contributed by atoms with Gasteiger partial charge in [0.2, 0.25) is 0 Å². The lowest BCUT2D eigenvalue weighted by molar-refractivity contribution is 0.475. The van der Waals surface area contributed by atoms with E-state index in [9.17, 15) is 4.39 Å². The van der Waals surface area contributed by atoms with Crippen LogP contribution in [0, 0.1) is 5.82 Å². The SMILES string of the molecule is NC(=S)c1c(F)cccc1Oc1cc(Cl)ccc1Cl. The number of thiocarbonyl (C=S) groups is 1. The monoisotopic (exact) mass is 315 g/mol. The molecule has 98 valence electrons. The third kappa shape index (κ3) is 3.15. The predicted octanol–water partition coefficient (Wildman–Crippen LogP) is 4.56. The number of halogens is 3. The summed E-state index contributed by atoms with van der Waals surface area (Å²) in [5, 5.41) is 0.801. The molecule has 0 unspecified atom stereocenters. The fourth-order valence-corrected chi connectivity index (χ4v) is 2.02. The summed E-state index contributed by atoms with van der Waals surface area (Å²) in [5.74, 6) is -0.0583. The minimum atomic E-state index is -0.553. The van der Waals surface area contributed by atoms with E-state index in [0.717, 1.165) is 0 Å². The smallest absolute Gasteiger partial charge is 0.147 e. The third-order valence-electron chi connectivity index (χ3n) is 2.33. The Morgan fingerprint density at radius 1 is 1.16 bits per heavy atom. The summed E-state index contributed by atoms with van der Waals surface area (Å²) in [7, 11) is 0. The van der Waals surface area contributed by atoms with Crippen LogP contribution in [0.4, 0.5) is 4.39 Å². The molecule has 0 radical (unpaired) electrons. The van der Waals surface area contributed by atoms with Gasteiger partial charge in [0, 0.05) is 11.1 Å². The Morgan fingerprint density at radius 3 is 2.58 bits per heavy atom. The molecule has 0 heterocycles. The fourth-order valence-electron chi connectivity index (χ4n) is 1.50. The summed E-state index contributed by atoms with van der Waals surface area (Å²) >= 11 is 16.6. The zero-order chi connectivity index (χ0) is 14.0. The van der Waals surface area contributed by atoms with Crippen molar-refractivity contribution in [3.8, 4) is 11.5 Å². The first-order valence-corrected chi connectivity index (χ1v) is 6.36. The normalized spacial score (nSPS) is 10.3. The summed E-state index contributed by atoms with van der Waals surface area (Å²) < 4.78 is 19.2. The number of hydrogen-bond donors (Lipinski definition) is 1. The average molecular weight is 316 g/mol. The van der Waals surface area contributed by atoms with Gasteiger partial charge in [-0.15, -0.1) is 0 Å². The fraction of sp³-hybridized carbons (Fsp3) is 0. The second-order valence-corrected chi connectivity index (χ2v) is 4.94. The Bertz CT molecular complexity index is 649. The quantitative estimate of drug-likeness (QED) is 0.843. The van der Waals surface area contributed by atoms with Gasteiger partial charge in [0.1, 0.15) is 22.3 Å². The Labute approximate surface area is 124 Å². The van der Waals surface area contributed by atoms with Crippen molar-refractivity contribution in [2.75, 3.05) is 0 Å². The van der Waals surface area contributed by atoms with Gasteiger partial charge in [-0.2, -0.15) is 0 Å². The van der Waals surface area contributed by atoms with E-state index >= 15 is 0 Å². The van der Waals surface area contributed by atoms with Crippen LogP contribution in [0.1, 0.15) is 5.56 Å². The van der Waals surface area contributed by atoms with Gasteiger partial charge < -0.3 is 10.5 Å². The van der Waals surface area contributed by atoms with E-state index in [2.05, 4.69) is 0 Å². The molecule has 0 saturated carbocycles. The van der Waals surface area contributed by atoms with Crippen molar-refractivity contribution in [3.05, 3.63) is 57.8 Å². The Hall–Kier alpha value is -1.36. The molecule has 2 N–H and O–H groups in total. The van der Waals surface area contributed by atoms with Crippen molar-refractivity contribution in [1.29, 1.82) is 0 Å². The minimum Gasteiger partial charge on any atom is -0.455 e. The van der Waals surface area contributed by atoms with E-state index in [1.807, 2.05) is 0 Å². The molecule has 2 rings (SSSR count). The minimum absolute atomic E-state index is 0.0357. The van der Waals surface area contributed by atoms with E-state index in [4.69, 9.17) is 45.9 Å². The highest BCUT2D eigenvalue weighted by Crippen LogP contribution is 2.34. The van der Waals surface area contributed by atoms with Gasteiger partial charge in [0.25, 0.3) is 0 Å². The first-order valence-electron chi connectivity index (χ1n) is 5.20. The van der Waals surface area contributed by atoms with Crippen LogP contribution in [-0.2, 0) is 0 Å². The second-order valence-electron chi connectivity index (χ2n) is 3.65. The molecule has 2 aromatic carbocycles. The van der Waals surface area contributed by atoms with Crippen LogP contribution in [0.2, 0.25) is 10.0 Å². The molecule has 0 aliphatic carbocycles. The van der Waals surface area contributed by atoms with Crippen LogP contribution < -0.4 is 10.5 Å². The number of rotatable bonds is 3. The molecule has 0 aliphatic heterocycles. The standard InChI is InChI=1S/C13H8Cl2FNOS/c14-7-4-5-8(15)11(6-7)18-10-3-1-2-9(16)12(10)13(17)19/h1-6H,(H2,17,19). The number of hydrogen-bond acceptors (Lipinski definition) is 2. The summed E-state index contributed by atoms with van der Waals surface area (Å²) in [6, 6.07) is 9.02. The van der Waals surface area contributed by atoms with Gasteiger partial charge in [-0.25, -0.2) is 4.39 Å². The lowest BCUT2D eigenvalue weighted by atomic mass is 10.2. The molecule has 0 saturated heterocycles. The van der Waals surface area contributed by atoms with Gasteiger partial charge in [0.15, 0.2) is 0 Å². The highest BCUT2D eigenvalue weighted by atomic mass is 35.5. The predicted molar refractivity (Wildman–Crippen MR) is 78.8 cm³/mol. The third-order valence-corrected chi connectivity index (χ3v) is 3.09. The maximum absolute atomic E-state index is 13.7. The zero-order valence-electron chi connectivity index (χ0n) is 9.49. The summed E-state index contributed by atoms with van der Waals surface area (Å²) in [6.45, 7) is 0. The van der Waals surface area contributed by atoms with E-state index in [-0.39, 0.29) is 16.3 Å². The first kappa shape index (κ1) is 14.1. The van der Waals surface area contributed by atoms with Crippen LogP contribution in [0.15, 0.2) is 36.4 Å². The lowest BCUT2D eigenvalue weighted by Gasteiger charge is -2.12. The molecular weight excluding hydrogens is 308 g/mol. The maximum Gasteiger partial charge on any atom is 0.147 e. The molecule has 0 spiro atoms. The van der Waals surface area contributed by atoms with E-state index in [1.54, 1.807) is 18.2 Å². The van der Waals surface area contributed by atoms with Crippen molar-refractivity contribution in [1.82, 2.24) is 0 Å². The Kier molecular flexibility index (Phi) is 4.24. The van der Waals surface area contributed by atoms with Crippen molar-refractivity contribution in [2.24, 2.45) is 5.73 Å². The lowest BCUT2D eigenvalue weighted by Crippen LogP contribution is -2.13. The summed E-state index contributed by atoms with van der Waals surface area (Å²) in [6.07, 6.45) is 0. The molecule has 0 aromatic heterocycles. The topological polar surface area (TPSA) is 35.2 Å². The second kappa shape index (κ2) is 5.74. The van der Waals surface area contributed by atoms with Gasteiger partial charge in [0.05, 0.1) is 10.6 Å². The van der Waals surface area contributed by atoms with Crippen molar-refractivity contribution in [2.45, 2.75) is 0 Å². The molecule has 6 heteroatoms. The molecular formula is C13H8Cl2FNOS. The first-order chi connectivity index (χ1) is 8.99. The molecule has 0 fully saturated rings. The maximum atomic E-state index is 13.7. The molecule has 0 amide bonds. The van der Waals surface area contributed by atoms with Crippen molar-refractivity contribution < 1.29 is 9.13 Å². The molecule has 2 nitrogen and oxygen atoms in total. The summed E-state index contributed by atoms with van der Waals surface area (Å²) in [5.41, 5.74) is 5.53. The van der Waals surface area contributed by atoms with Crippen molar-refractivity contribution in [3.63, 3.8) is 0 Å². The highest BCUT2D eigenvalue weighted by molar-refractivity contribution is 7.80. The average Bonchev–Trinajstić information content (AvgIpc) is 2.33. The number of benzene rings is 2. The van der Waals surface area contributed by atoms with Gasteiger partial charge in [-0.05, 0) is 24.3 Å². The number of ether oxygens (including phenoxy) is 1. The van der Waals surface area contributed by atoms with Crippen LogP contribution in [-0.4, -0.2) is 4.99 Å². The van der Waals surface area contributed by atoms with Crippen LogP contribution >= 0.6 is 35.4 Å². The molecule has 0 atom stereocenters. The van der Waals surface area contributed by atoms with E-state index < -0.39 is 5.82 Å². The van der Waals surface area contributed by atoms with Gasteiger partial charge >= 0.3 is 0 Å². The molecule has 19 heavy (non-hydrogen) atoms. The van der Waals surface area contributed by atoms with E-state index in [1.165, 1.54) is 18.2 Å². The Balaban J connectivity index is 2.46. The van der Waals surface area contributed by atoms with Crippen LogP contribution in [0.25, 0.3) is 0 Å². The van der Waals surface area contributed by atoms with Crippen LogP contribution in [0.5, 0.6) is 11.5 Å². The molecule has 2 aromatic rings. The Morgan fingerprint density at radius 2 is 1.89 bits per heavy atom. The zero-order valence-corrected chi connectivity index (χ0v) is 11.8.